The van der Waals surface area contributed by atoms with Gasteiger partial charge >= 0.3 is 0 Å². The highest BCUT2D eigenvalue weighted by Gasteiger charge is 2.45. The van der Waals surface area contributed by atoms with Gasteiger partial charge in [-0.2, -0.15) is 0 Å². The minimum Gasteiger partial charge on any atom is -0.325 e. The number of thiazole rings is 2. The maximum absolute atomic E-state index is 13.3. The number of carbonyl (C=O) groups excluding carboxylic acids is 2. The summed E-state index contributed by atoms with van der Waals surface area (Å²) in [5.74, 6) is -0.309. The summed E-state index contributed by atoms with van der Waals surface area (Å²) in [4.78, 5) is 34.2. The van der Waals surface area contributed by atoms with Crippen molar-refractivity contribution >= 4 is 67.1 Å². The summed E-state index contributed by atoms with van der Waals surface area (Å²) in [7, 11) is 0. The number of nitrogens with one attached hydrogen (secondary N) is 2. The van der Waals surface area contributed by atoms with E-state index in [0.29, 0.717) is 21.5 Å². The molecule has 0 radical (unpaired) electrons. The third kappa shape index (κ3) is 3.79. The Hall–Kier alpha value is -2.81. The standard InChI is InChI=1S/C23H19ClN4O2S2/c1-13-8-16(26-21(30)23(6-3-7-23)14-4-2-5-15(24)9-14)10-18-19(13)27-22(32-18)28-20(29)17-11-31-12-25-17/h2,4-5,8-12H,3,6-7H2,1H3,(H,26,30)(H,27,28,29). The van der Waals surface area contributed by atoms with E-state index >= 15 is 0 Å². The Morgan fingerprint density at radius 2 is 2.00 bits per heavy atom. The molecule has 2 aromatic carbocycles. The molecule has 6 nitrogen and oxygen atoms in total. The van der Waals surface area contributed by atoms with Crippen molar-refractivity contribution in [1.29, 1.82) is 0 Å². The van der Waals surface area contributed by atoms with E-state index in [1.807, 2.05) is 43.3 Å². The number of anilines is 2. The van der Waals surface area contributed by atoms with Crippen molar-refractivity contribution in [3.63, 3.8) is 0 Å². The quantitative estimate of drug-likeness (QED) is 0.364. The molecule has 1 aliphatic rings. The van der Waals surface area contributed by atoms with Crippen LogP contribution in [0.4, 0.5) is 10.8 Å². The molecule has 162 valence electrons. The monoisotopic (exact) mass is 482 g/mol. The third-order valence-electron chi connectivity index (χ3n) is 5.85. The van der Waals surface area contributed by atoms with Crippen molar-refractivity contribution in [3.8, 4) is 0 Å². The van der Waals surface area contributed by atoms with Crippen LogP contribution in [0.2, 0.25) is 5.02 Å². The first-order valence-electron chi connectivity index (χ1n) is 10.1. The lowest BCUT2D eigenvalue weighted by molar-refractivity contribution is -0.124. The Morgan fingerprint density at radius 1 is 1.16 bits per heavy atom. The molecule has 5 rings (SSSR count). The van der Waals surface area contributed by atoms with Crippen LogP contribution in [-0.2, 0) is 10.2 Å². The molecule has 0 atom stereocenters. The van der Waals surface area contributed by atoms with E-state index in [-0.39, 0.29) is 11.8 Å². The number of carbonyl (C=O) groups is 2. The fourth-order valence-corrected chi connectivity index (χ4v) is 5.72. The van der Waals surface area contributed by atoms with Crippen molar-refractivity contribution < 1.29 is 9.59 Å². The number of benzene rings is 2. The Kier molecular flexibility index (Phi) is 5.44. The predicted molar refractivity (Wildman–Crippen MR) is 130 cm³/mol. The molecule has 2 heterocycles. The lowest BCUT2D eigenvalue weighted by atomic mass is 9.64. The molecular weight excluding hydrogens is 464 g/mol. The Morgan fingerprint density at radius 3 is 2.69 bits per heavy atom. The van der Waals surface area contributed by atoms with Gasteiger partial charge in [-0.15, -0.1) is 11.3 Å². The van der Waals surface area contributed by atoms with Gasteiger partial charge in [0.25, 0.3) is 5.91 Å². The molecule has 1 aliphatic carbocycles. The first-order valence-corrected chi connectivity index (χ1v) is 12.3. The lowest BCUT2D eigenvalue weighted by Crippen LogP contribution is -2.46. The molecule has 2 amide bonds. The van der Waals surface area contributed by atoms with E-state index in [9.17, 15) is 9.59 Å². The molecule has 0 aliphatic heterocycles. The Bertz CT molecular complexity index is 1330. The number of aromatic nitrogens is 2. The van der Waals surface area contributed by atoms with Crippen molar-refractivity contribution in [2.75, 3.05) is 10.6 Å². The number of fused-ring (bicyclic) bond motifs is 1. The van der Waals surface area contributed by atoms with Gasteiger partial charge in [-0.05, 0) is 55.2 Å². The van der Waals surface area contributed by atoms with Gasteiger partial charge in [-0.25, -0.2) is 9.97 Å². The average Bonchev–Trinajstić information content (AvgIpc) is 3.37. The van der Waals surface area contributed by atoms with Crippen molar-refractivity contribution in [3.05, 3.63) is 69.1 Å². The summed E-state index contributed by atoms with van der Waals surface area (Å²) in [6, 6.07) is 11.4. The lowest BCUT2D eigenvalue weighted by Gasteiger charge is -2.40. The first-order chi connectivity index (χ1) is 15.4. The zero-order valence-corrected chi connectivity index (χ0v) is 19.5. The first kappa shape index (κ1) is 21.1. The van der Waals surface area contributed by atoms with E-state index < -0.39 is 5.41 Å². The third-order valence-corrected chi connectivity index (χ3v) is 7.59. The van der Waals surface area contributed by atoms with Crippen LogP contribution in [0, 0.1) is 6.92 Å². The van der Waals surface area contributed by atoms with E-state index in [2.05, 4.69) is 20.6 Å². The van der Waals surface area contributed by atoms with Crippen molar-refractivity contribution in [1.82, 2.24) is 9.97 Å². The van der Waals surface area contributed by atoms with E-state index in [4.69, 9.17) is 11.6 Å². The van der Waals surface area contributed by atoms with Gasteiger partial charge in [0, 0.05) is 16.1 Å². The van der Waals surface area contributed by atoms with Gasteiger partial charge in [0.2, 0.25) is 5.91 Å². The van der Waals surface area contributed by atoms with E-state index in [1.165, 1.54) is 22.7 Å². The van der Waals surface area contributed by atoms with E-state index in [0.717, 1.165) is 40.6 Å². The van der Waals surface area contributed by atoms with Gasteiger partial charge in [-0.1, -0.05) is 41.5 Å². The average molecular weight is 483 g/mol. The molecular formula is C23H19ClN4O2S2. The Balaban J connectivity index is 1.40. The van der Waals surface area contributed by atoms with Crippen LogP contribution in [0.25, 0.3) is 10.2 Å². The summed E-state index contributed by atoms with van der Waals surface area (Å²) in [5.41, 5.74) is 4.83. The molecule has 32 heavy (non-hydrogen) atoms. The smallest absolute Gasteiger partial charge is 0.276 e. The normalized spacial score (nSPS) is 14.7. The number of rotatable bonds is 5. The molecule has 0 spiro atoms. The SMILES string of the molecule is Cc1cc(NC(=O)C2(c3cccc(Cl)c3)CCC2)cc2sc(NC(=O)c3cscn3)nc12. The fraction of sp³-hybridized carbons (Fsp3) is 0.217. The van der Waals surface area contributed by atoms with Gasteiger partial charge in [0.05, 0.1) is 21.1 Å². The molecule has 0 bridgehead atoms. The molecule has 1 saturated carbocycles. The highest BCUT2D eigenvalue weighted by Crippen LogP contribution is 2.45. The maximum Gasteiger partial charge on any atom is 0.276 e. The van der Waals surface area contributed by atoms with Crippen LogP contribution in [0.3, 0.4) is 0 Å². The fourth-order valence-electron chi connectivity index (χ4n) is 4.02. The van der Waals surface area contributed by atoms with Crippen molar-refractivity contribution in [2.45, 2.75) is 31.6 Å². The van der Waals surface area contributed by atoms with Gasteiger partial charge < -0.3 is 5.32 Å². The molecule has 4 aromatic rings. The number of aryl methyl sites for hydroxylation is 1. The topological polar surface area (TPSA) is 84.0 Å². The molecule has 9 heteroatoms. The largest absolute Gasteiger partial charge is 0.325 e. The van der Waals surface area contributed by atoms with Gasteiger partial charge in [0.15, 0.2) is 5.13 Å². The molecule has 2 N–H and O–H groups in total. The molecule has 0 unspecified atom stereocenters. The van der Waals surface area contributed by atoms with Crippen LogP contribution in [0.15, 0.2) is 47.3 Å². The van der Waals surface area contributed by atoms with Crippen LogP contribution in [0.1, 0.15) is 40.9 Å². The molecule has 1 fully saturated rings. The van der Waals surface area contributed by atoms with Crippen LogP contribution >= 0.6 is 34.3 Å². The maximum atomic E-state index is 13.3. The summed E-state index contributed by atoms with van der Waals surface area (Å²) in [6.07, 6.45) is 2.61. The minimum atomic E-state index is -0.547. The predicted octanol–water partition coefficient (Wildman–Crippen LogP) is 6.03. The van der Waals surface area contributed by atoms with Crippen LogP contribution < -0.4 is 10.6 Å². The van der Waals surface area contributed by atoms with E-state index in [1.54, 1.807) is 10.9 Å². The summed E-state index contributed by atoms with van der Waals surface area (Å²) in [5, 5.41) is 8.74. The number of hydrogen-bond acceptors (Lipinski definition) is 6. The zero-order chi connectivity index (χ0) is 22.3. The number of nitrogens with zero attached hydrogens (tertiary/aromatic N) is 2. The number of hydrogen-bond donors (Lipinski definition) is 2. The van der Waals surface area contributed by atoms with Gasteiger partial charge in [-0.3, -0.25) is 14.9 Å². The summed E-state index contributed by atoms with van der Waals surface area (Å²) in [6.45, 7) is 1.94. The highest BCUT2D eigenvalue weighted by molar-refractivity contribution is 7.22. The second-order valence-electron chi connectivity index (χ2n) is 7.89. The zero-order valence-electron chi connectivity index (χ0n) is 17.1. The molecule has 2 aromatic heterocycles. The molecule has 0 saturated heterocycles. The Labute approximate surface area is 197 Å². The second-order valence-corrected chi connectivity index (χ2v) is 10.1. The highest BCUT2D eigenvalue weighted by atomic mass is 35.5. The van der Waals surface area contributed by atoms with Crippen molar-refractivity contribution in [2.24, 2.45) is 0 Å². The summed E-state index contributed by atoms with van der Waals surface area (Å²) < 4.78 is 0.888. The minimum absolute atomic E-state index is 0.0219. The van der Waals surface area contributed by atoms with Crippen LogP contribution in [0.5, 0.6) is 0 Å². The summed E-state index contributed by atoms with van der Waals surface area (Å²) >= 11 is 8.92. The number of halogens is 1. The number of amides is 2. The van der Waals surface area contributed by atoms with Crippen LogP contribution in [-0.4, -0.2) is 21.8 Å². The second kappa shape index (κ2) is 8.27. The van der Waals surface area contributed by atoms with Gasteiger partial charge in [0.1, 0.15) is 5.69 Å².